The van der Waals surface area contributed by atoms with Crippen LogP contribution in [0.1, 0.15) is 52.8 Å². The lowest BCUT2D eigenvalue weighted by atomic mass is 10.0. The molecule has 0 atom stereocenters. The fourth-order valence-electron chi connectivity index (χ4n) is 5.34. The van der Waals surface area contributed by atoms with E-state index >= 15 is 0 Å². The summed E-state index contributed by atoms with van der Waals surface area (Å²) in [4.78, 5) is 12.4. The molecule has 1 saturated heterocycles. The van der Waals surface area contributed by atoms with Crippen molar-refractivity contribution in [2.24, 2.45) is 0 Å². The Morgan fingerprint density at radius 3 is 2.39 bits per heavy atom. The highest BCUT2D eigenvalue weighted by atomic mass is 32.2. The highest BCUT2D eigenvalue weighted by molar-refractivity contribution is 7.90. The SMILES string of the molecule is Cc1cc(C#N)cc(C)c1Oc1nc(NC2CCN(Cc3ccc(S(C)(=O)=O)cc3)CC2)nc2c1CCC2. The summed E-state index contributed by atoms with van der Waals surface area (Å²) < 4.78 is 29.8. The van der Waals surface area contributed by atoms with Gasteiger partial charge in [0, 0.05) is 37.5 Å². The smallest absolute Gasteiger partial charge is 0.227 e. The van der Waals surface area contributed by atoms with Crippen LogP contribution in [0.5, 0.6) is 11.6 Å². The van der Waals surface area contributed by atoms with Crippen molar-refractivity contribution in [2.45, 2.75) is 63.4 Å². The highest BCUT2D eigenvalue weighted by Crippen LogP contribution is 2.35. The molecule has 2 aliphatic rings. The minimum absolute atomic E-state index is 0.268. The number of likely N-dealkylation sites (tertiary alicyclic amines) is 1. The molecule has 0 radical (unpaired) electrons. The summed E-state index contributed by atoms with van der Waals surface area (Å²) in [6.45, 7) is 6.58. The van der Waals surface area contributed by atoms with Gasteiger partial charge in [-0.25, -0.2) is 13.4 Å². The van der Waals surface area contributed by atoms with E-state index in [0.717, 1.165) is 85.4 Å². The Kier molecular flexibility index (Phi) is 7.37. The summed E-state index contributed by atoms with van der Waals surface area (Å²) in [5.41, 5.74) is 5.70. The lowest BCUT2D eigenvalue weighted by Crippen LogP contribution is -2.39. The number of aromatic nitrogens is 2. The average molecular weight is 532 g/mol. The number of hydrogen-bond acceptors (Lipinski definition) is 8. The van der Waals surface area contributed by atoms with Gasteiger partial charge < -0.3 is 10.1 Å². The van der Waals surface area contributed by atoms with E-state index in [1.165, 1.54) is 6.26 Å². The molecule has 0 unspecified atom stereocenters. The van der Waals surface area contributed by atoms with Gasteiger partial charge in [-0.3, -0.25) is 4.90 Å². The Morgan fingerprint density at radius 1 is 1.08 bits per heavy atom. The molecule has 1 aliphatic carbocycles. The van der Waals surface area contributed by atoms with E-state index in [1.54, 1.807) is 12.1 Å². The van der Waals surface area contributed by atoms with Gasteiger partial charge >= 0.3 is 0 Å². The fraction of sp³-hybridized carbons (Fsp3) is 0.414. The number of nitrogens with zero attached hydrogens (tertiary/aromatic N) is 4. The van der Waals surface area contributed by atoms with Crippen LogP contribution < -0.4 is 10.1 Å². The van der Waals surface area contributed by atoms with Crippen LogP contribution in [0.15, 0.2) is 41.3 Å². The van der Waals surface area contributed by atoms with E-state index in [9.17, 15) is 13.7 Å². The molecule has 5 rings (SSSR count). The van der Waals surface area contributed by atoms with Gasteiger partial charge in [-0.1, -0.05) is 12.1 Å². The molecule has 8 nitrogen and oxygen atoms in total. The lowest BCUT2D eigenvalue weighted by Gasteiger charge is -2.32. The van der Waals surface area contributed by atoms with Gasteiger partial charge in [-0.15, -0.1) is 0 Å². The van der Waals surface area contributed by atoms with E-state index in [-0.39, 0.29) is 6.04 Å². The molecule has 0 bridgehead atoms. The van der Waals surface area contributed by atoms with Crippen molar-refractivity contribution < 1.29 is 13.2 Å². The molecule has 38 heavy (non-hydrogen) atoms. The number of piperidine rings is 1. The Hall–Kier alpha value is -3.48. The van der Waals surface area contributed by atoms with Gasteiger partial charge in [0.05, 0.1) is 22.2 Å². The molecule has 1 fully saturated rings. The topological polar surface area (TPSA) is 108 Å². The van der Waals surface area contributed by atoms with Gasteiger partial charge in [0.1, 0.15) is 5.75 Å². The zero-order valence-corrected chi connectivity index (χ0v) is 22.9. The Balaban J connectivity index is 1.24. The molecule has 0 saturated carbocycles. The van der Waals surface area contributed by atoms with Crippen molar-refractivity contribution in [1.29, 1.82) is 5.26 Å². The van der Waals surface area contributed by atoms with Crippen molar-refractivity contribution in [3.63, 3.8) is 0 Å². The first-order chi connectivity index (χ1) is 18.2. The second-order valence-corrected chi connectivity index (χ2v) is 12.4. The molecular weight excluding hydrogens is 498 g/mol. The van der Waals surface area contributed by atoms with E-state index in [4.69, 9.17) is 14.7 Å². The minimum Gasteiger partial charge on any atom is -0.438 e. The Morgan fingerprint density at radius 2 is 1.76 bits per heavy atom. The molecule has 3 aromatic rings. The predicted octanol–water partition coefficient (Wildman–Crippen LogP) is 4.73. The number of aryl methyl sites for hydroxylation is 3. The van der Waals surface area contributed by atoms with Crippen LogP contribution in [-0.4, -0.2) is 48.7 Å². The second kappa shape index (κ2) is 10.7. The number of benzene rings is 2. The quantitative estimate of drug-likeness (QED) is 0.466. The second-order valence-electron chi connectivity index (χ2n) is 10.4. The summed E-state index contributed by atoms with van der Waals surface area (Å²) in [6.07, 6.45) is 6.03. The van der Waals surface area contributed by atoms with E-state index in [1.807, 2.05) is 38.1 Å². The Labute approximate surface area is 224 Å². The maximum atomic E-state index is 11.7. The third-order valence-electron chi connectivity index (χ3n) is 7.36. The summed E-state index contributed by atoms with van der Waals surface area (Å²) in [5.74, 6) is 1.97. The summed E-state index contributed by atoms with van der Waals surface area (Å²) in [7, 11) is -3.18. The Bertz CT molecular complexity index is 1460. The van der Waals surface area contributed by atoms with Gasteiger partial charge in [0.2, 0.25) is 11.8 Å². The first-order valence-electron chi connectivity index (χ1n) is 13.1. The van der Waals surface area contributed by atoms with Gasteiger partial charge in [-0.05, 0) is 86.9 Å². The first kappa shape index (κ1) is 26.1. The molecule has 9 heteroatoms. The van der Waals surface area contributed by atoms with Crippen LogP contribution in [0, 0.1) is 25.2 Å². The number of nitriles is 1. The van der Waals surface area contributed by atoms with E-state index in [0.29, 0.717) is 22.3 Å². The summed E-state index contributed by atoms with van der Waals surface area (Å²) in [6, 6.07) is 13.3. The number of rotatable bonds is 7. The zero-order valence-electron chi connectivity index (χ0n) is 22.1. The third-order valence-corrected chi connectivity index (χ3v) is 8.49. The van der Waals surface area contributed by atoms with E-state index < -0.39 is 9.84 Å². The van der Waals surface area contributed by atoms with Crippen molar-refractivity contribution in [3.05, 3.63) is 69.9 Å². The van der Waals surface area contributed by atoms with Crippen LogP contribution in [0.3, 0.4) is 0 Å². The average Bonchev–Trinajstić information content (AvgIpc) is 3.36. The molecule has 0 amide bonds. The molecular formula is C29H33N5O3S. The van der Waals surface area contributed by atoms with Gasteiger partial charge in [0.15, 0.2) is 9.84 Å². The third kappa shape index (κ3) is 5.82. The highest BCUT2D eigenvalue weighted by Gasteiger charge is 2.25. The van der Waals surface area contributed by atoms with Crippen molar-refractivity contribution in [1.82, 2.24) is 14.9 Å². The molecule has 2 heterocycles. The zero-order chi connectivity index (χ0) is 26.9. The normalized spacial score (nSPS) is 16.2. The number of sulfone groups is 1. The summed E-state index contributed by atoms with van der Waals surface area (Å²) in [5, 5.41) is 12.8. The number of anilines is 1. The van der Waals surface area contributed by atoms with Crippen LogP contribution >= 0.6 is 0 Å². The van der Waals surface area contributed by atoms with Crippen molar-refractivity contribution in [2.75, 3.05) is 24.7 Å². The van der Waals surface area contributed by atoms with Gasteiger partial charge in [0.25, 0.3) is 0 Å². The van der Waals surface area contributed by atoms with Crippen LogP contribution in [-0.2, 0) is 29.2 Å². The van der Waals surface area contributed by atoms with Gasteiger partial charge in [-0.2, -0.15) is 10.2 Å². The predicted molar refractivity (Wildman–Crippen MR) is 146 cm³/mol. The first-order valence-corrected chi connectivity index (χ1v) is 15.0. The number of hydrogen-bond donors (Lipinski definition) is 1. The molecule has 1 aromatic heterocycles. The number of ether oxygens (including phenoxy) is 1. The maximum absolute atomic E-state index is 11.7. The number of nitrogens with one attached hydrogen (secondary N) is 1. The molecule has 198 valence electrons. The summed E-state index contributed by atoms with van der Waals surface area (Å²) >= 11 is 0. The van der Waals surface area contributed by atoms with E-state index in [2.05, 4.69) is 16.3 Å². The maximum Gasteiger partial charge on any atom is 0.227 e. The number of fused-ring (bicyclic) bond motifs is 1. The fourth-order valence-corrected chi connectivity index (χ4v) is 5.97. The van der Waals surface area contributed by atoms with Crippen LogP contribution in [0.2, 0.25) is 0 Å². The van der Waals surface area contributed by atoms with Crippen molar-refractivity contribution >= 4 is 15.8 Å². The standard InChI is InChI=1S/C29H33N5O3S/c1-19-15-22(17-30)16-20(2)27(19)37-28-25-5-4-6-26(25)32-29(33-28)31-23-11-13-34(14-12-23)18-21-7-9-24(10-8-21)38(3,35)36/h7-10,15-16,23H,4-6,11-14,18H2,1-3H3,(H,31,32,33). The molecule has 1 N–H and O–H groups in total. The van der Waals surface area contributed by atoms with Crippen LogP contribution in [0.4, 0.5) is 5.95 Å². The minimum atomic E-state index is -3.18. The lowest BCUT2D eigenvalue weighted by molar-refractivity contribution is 0.211. The molecule has 0 spiro atoms. The molecule has 1 aliphatic heterocycles. The monoisotopic (exact) mass is 531 g/mol. The largest absolute Gasteiger partial charge is 0.438 e. The van der Waals surface area contributed by atoms with Crippen molar-refractivity contribution in [3.8, 4) is 17.7 Å². The van der Waals surface area contributed by atoms with Crippen LogP contribution in [0.25, 0.3) is 0 Å². The molecule has 2 aromatic carbocycles.